The van der Waals surface area contributed by atoms with Gasteiger partial charge in [0.25, 0.3) is 5.91 Å². The Labute approximate surface area is 175 Å². The molecule has 0 spiro atoms. The number of H-pyrrole nitrogens is 1. The average Bonchev–Trinajstić information content (AvgIpc) is 3.34. The molecule has 2 aromatic carbocycles. The number of amides is 1. The molecule has 5 nitrogen and oxygen atoms in total. The van der Waals surface area contributed by atoms with Crippen LogP contribution in [0.1, 0.15) is 21.7 Å². The number of carbonyl (C=O) groups excluding carboxylic acids is 1. The molecule has 2 aromatic heterocycles. The number of aromatic nitrogens is 1. The summed E-state index contributed by atoms with van der Waals surface area (Å²) in [5, 5.41) is 3.71. The number of ether oxygens (including phenoxy) is 1. The van der Waals surface area contributed by atoms with Crippen molar-refractivity contribution in [3.8, 4) is 5.75 Å². The van der Waals surface area contributed by atoms with E-state index >= 15 is 0 Å². The van der Waals surface area contributed by atoms with Gasteiger partial charge in [-0.15, -0.1) is 0 Å². The maximum Gasteiger partial charge on any atom is 0.254 e. The van der Waals surface area contributed by atoms with E-state index in [2.05, 4.69) is 26.2 Å². The Balaban J connectivity index is 1.34. The summed E-state index contributed by atoms with van der Waals surface area (Å²) in [5.41, 5.74) is 2.26. The van der Waals surface area contributed by atoms with Crippen molar-refractivity contribution in [2.45, 2.75) is 13.0 Å². The molecule has 2 N–H and O–H groups in total. The Bertz CT molecular complexity index is 1130. The van der Waals surface area contributed by atoms with Crippen LogP contribution in [0.2, 0.25) is 0 Å². The maximum absolute atomic E-state index is 13.5. The molecular formula is C22H18BrFN2O3. The van der Waals surface area contributed by atoms with Gasteiger partial charge in [0.1, 0.15) is 18.2 Å². The van der Waals surface area contributed by atoms with E-state index < -0.39 is 0 Å². The van der Waals surface area contributed by atoms with Crippen molar-refractivity contribution in [3.05, 3.63) is 88.2 Å². The second-order valence-electron chi connectivity index (χ2n) is 6.51. The molecule has 0 unspecified atom stereocenters. The number of hydrogen-bond donors (Lipinski definition) is 2. The molecule has 0 fully saturated rings. The number of hydrogen-bond acceptors (Lipinski definition) is 3. The van der Waals surface area contributed by atoms with Gasteiger partial charge >= 0.3 is 0 Å². The van der Waals surface area contributed by atoms with Gasteiger partial charge in [-0.3, -0.25) is 4.79 Å². The summed E-state index contributed by atoms with van der Waals surface area (Å²) in [6, 6.07) is 13.7. The van der Waals surface area contributed by atoms with E-state index in [-0.39, 0.29) is 18.3 Å². The summed E-state index contributed by atoms with van der Waals surface area (Å²) in [4.78, 5) is 15.6. The SMILES string of the molecule is O=C(NCCc1c[nH]c2ccc(F)cc12)c1ccoc1COc1ccc(Br)cc1. The van der Waals surface area contributed by atoms with Crippen LogP contribution in [-0.4, -0.2) is 17.4 Å². The monoisotopic (exact) mass is 456 g/mol. The molecule has 0 bridgehead atoms. The van der Waals surface area contributed by atoms with Crippen LogP contribution >= 0.6 is 15.9 Å². The molecule has 0 aliphatic rings. The second kappa shape index (κ2) is 8.53. The summed E-state index contributed by atoms with van der Waals surface area (Å²) in [7, 11) is 0. The molecule has 0 saturated carbocycles. The van der Waals surface area contributed by atoms with Crippen LogP contribution in [0.3, 0.4) is 0 Å². The van der Waals surface area contributed by atoms with E-state index in [0.717, 1.165) is 20.9 Å². The van der Waals surface area contributed by atoms with Gasteiger partial charge in [-0.1, -0.05) is 15.9 Å². The third-order valence-corrected chi connectivity index (χ3v) is 5.11. The number of nitrogens with one attached hydrogen (secondary N) is 2. The van der Waals surface area contributed by atoms with Crippen molar-refractivity contribution >= 4 is 32.7 Å². The fraction of sp³-hybridized carbons (Fsp3) is 0.136. The number of benzene rings is 2. The lowest BCUT2D eigenvalue weighted by Crippen LogP contribution is -2.26. The molecule has 0 aliphatic carbocycles. The number of carbonyl (C=O) groups is 1. The maximum atomic E-state index is 13.5. The van der Waals surface area contributed by atoms with E-state index in [0.29, 0.717) is 30.0 Å². The zero-order valence-electron chi connectivity index (χ0n) is 15.4. The molecule has 148 valence electrons. The number of fused-ring (bicyclic) bond motifs is 1. The first-order chi connectivity index (χ1) is 14.1. The lowest BCUT2D eigenvalue weighted by Gasteiger charge is -2.07. The van der Waals surface area contributed by atoms with Crippen LogP contribution in [0.5, 0.6) is 5.75 Å². The molecule has 4 rings (SSSR count). The quantitative estimate of drug-likeness (QED) is 0.400. The molecule has 0 atom stereocenters. The lowest BCUT2D eigenvalue weighted by molar-refractivity contribution is 0.0949. The van der Waals surface area contributed by atoms with Crippen molar-refractivity contribution in [1.82, 2.24) is 10.3 Å². The summed E-state index contributed by atoms with van der Waals surface area (Å²) < 4.78 is 25.5. The number of aromatic amines is 1. The predicted octanol–water partition coefficient (Wildman–Crippen LogP) is 5.21. The van der Waals surface area contributed by atoms with E-state index in [1.54, 1.807) is 12.1 Å². The lowest BCUT2D eigenvalue weighted by atomic mass is 10.1. The first-order valence-electron chi connectivity index (χ1n) is 9.08. The largest absolute Gasteiger partial charge is 0.486 e. The van der Waals surface area contributed by atoms with Crippen LogP contribution in [-0.2, 0) is 13.0 Å². The summed E-state index contributed by atoms with van der Waals surface area (Å²) in [5.74, 6) is 0.623. The normalized spacial score (nSPS) is 11.0. The molecule has 7 heteroatoms. The first-order valence-corrected chi connectivity index (χ1v) is 9.88. The molecule has 0 saturated heterocycles. The van der Waals surface area contributed by atoms with Gasteiger partial charge in [-0.25, -0.2) is 4.39 Å². The molecule has 29 heavy (non-hydrogen) atoms. The van der Waals surface area contributed by atoms with Crippen LogP contribution in [0.4, 0.5) is 4.39 Å². The predicted molar refractivity (Wildman–Crippen MR) is 111 cm³/mol. The average molecular weight is 457 g/mol. The Kier molecular flexibility index (Phi) is 5.67. The molecule has 0 aliphatic heterocycles. The van der Waals surface area contributed by atoms with E-state index in [1.807, 2.05) is 30.5 Å². The topological polar surface area (TPSA) is 67.3 Å². The third-order valence-electron chi connectivity index (χ3n) is 4.58. The standard InChI is InChI=1S/C22H18BrFN2O3/c23-15-1-4-17(5-2-15)29-13-21-18(8-10-28-21)22(27)25-9-7-14-12-26-20-6-3-16(24)11-19(14)20/h1-6,8,10-12,26H,7,9,13H2,(H,25,27). The fourth-order valence-electron chi connectivity index (χ4n) is 3.10. The summed E-state index contributed by atoms with van der Waals surface area (Å²) in [6.07, 6.45) is 3.89. The van der Waals surface area contributed by atoms with Gasteiger partial charge in [0, 0.05) is 28.1 Å². The first kappa shape index (κ1) is 19.3. The summed E-state index contributed by atoms with van der Waals surface area (Å²) in [6.45, 7) is 0.569. The highest BCUT2D eigenvalue weighted by Crippen LogP contribution is 2.21. The van der Waals surface area contributed by atoms with E-state index in [4.69, 9.17) is 9.15 Å². The number of halogens is 2. The van der Waals surface area contributed by atoms with Crippen molar-refractivity contribution in [3.63, 3.8) is 0 Å². The van der Waals surface area contributed by atoms with Gasteiger partial charge in [0.15, 0.2) is 5.76 Å². The van der Waals surface area contributed by atoms with Crippen molar-refractivity contribution in [2.75, 3.05) is 6.54 Å². The van der Waals surface area contributed by atoms with E-state index in [9.17, 15) is 9.18 Å². The van der Waals surface area contributed by atoms with Crippen LogP contribution < -0.4 is 10.1 Å². The summed E-state index contributed by atoms with van der Waals surface area (Å²) >= 11 is 3.37. The minimum absolute atomic E-state index is 0.152. The van der Waals surface area contributed by atoms with Gasteiger partial charge in [-0.05, 0) is 60.5 Å². The number of rotatable bonds is 7. The van der Waals surface area contributed by atoms with Gasteiger partial charge in [0.2, 0.25) is 0 Å². The zero-order chi connectivity index (χ0) is 20.2. The molecule has 2 heterocycles. The van der Waals surface area contributed by atoms with Crippen molar-refractivity contribution < 1.29 is 18.3 Å². The molecule has 0 radical (unpaired) electrons. The Hall–Kier alpha value is -3.06. The van der Waals surface area contributed by atoms with Gasteiger partial charge < -0.3 is 19.5 Å². The minimum Gasteiger partial charge on any atom is -0.486 e. The van der Waals surface area contributed by atoms with Crippen LogP contribution in [0, 0.1) is 5.82 Å². The molecule has 4 aromatic rings. The third kappa shape index (κ3) is 4.51. The van der Waals surface area contributed by atoms with Crippen molar-refractivity contribution in [1.29, 1.82) is 0 Å². The van der Waals surface area contributed by atoms with Crippen LogP contribution in [0.25, 0.3) is 10.9 Å². The van der Waals surface area contributed by atoms with Gasteiger partial charge in [-0.2, -0.15) is 0 Å². The molecule has 1 amide bonds. The van der Waals surface area contributed by atoms with Crippen molar-refractivity contribution in [2.24, 2.45) is 0 Å². The second-order valence-corrected chi connectivity index (χ2v) is 7.43. The highest BCUT2D eigenvalue weighted by Gasteiger charge is 2.15. The minimum atomic E-state index is -0.281. The Morgan fingerprint density at radius 2 is 2.00 bits per heavy atom. The Morgan fingerprint density at radius 3 is 2.83 bits per heavy atom. The molecular weight excluding hydrogens is 439 g/mol. The smallest absolute Gasteiger partial charge is 0.254 e. The Morgan fingerprint density at radius 1 is 1.17 bits per heavy atom. The van der Waals surface area contributed by atoms with E-state index in [1.165, 1.54) is 18.4 Å². The fourth-order valence-corrected chi connectivity index (χ4v) is 3.36. The number of furan rings is 1. The highest BCUT2D eigenvalue weighted by molar-refractivity contribution is 9.10. The zero-order valence-corrected chi connectivity index (χ0v) is 17.0. The highest BCUT2D eigenvalue weighted by atomic mass is 79.9. The van der Waals surface area contributed by atoms with Gasteiger partial charge in [0.05, 0.1) is 11.8 Å². The van der Waals surface area contributed by atoms with Crippen LogP contribution in [0.15, 0.2) is 69.9 Å².